The maximum absolute atomic E-state index is 5.27. The van der Waals surface area contributed by atoms with Crippen molar-refractivity contribution in [1.82, 2.24) is 0 Å². The summed E-state index contributed by atoms with van der Waals surface area (Å²) in [6, 6.07) is 5.82. The Labute approximate surface area is 85.2 Å². The highest BCUT2D eigenvalue weighted by molar-refractivity contribution is 5.42. The second-order valence-corrected chi connectivity index (χ2v) is 3.31. The second kappa shape index (κ2) is 4.70. The minimum Gasteiger partial charge on any atom is -0.497 e. The van der Waals surface area contributed by atoms with Crippen LogP contribution in [0.3, 0.4) is 0 Å². The molecule has 0 N–H and O–H groups in total. The van der Waals surface area contributed by atoms with Gasteiger partial charge in [-0.05, 0) is 25.0 Å². The third-order valence-corrected chi connectivity index (χ3v) is 1.99. The standard InChI is InChI=1S/C12H16O2/c1-9(2)7-10-5-6-11(13-3)8-12(10)14-4/h5-6,8H,1,7H2,2-4H3. The summed E-state index contributed by atoms with van der Waals surface area (Å²) >= 11 is 0. The van der Waals surface area contributed by atoms with E-state index in [0.717, 1.165) is 29.1 Å². The van der Waals surface area contributed by atoms with Crippen LogP contribution in [0.1, 0.15) is 12.5 Å². The molecule has 0 unspecified atom stereocenters. The molecule has 0 spiro atoms. The van der Waals surface area contributed by atoms with Crippen molar-refractivity contribution in [3.8, 4) is 11.5 Å². The molecular formula is C12H16O2. The van der Waals surface area contributed by atoms with Crippen LogP contribution in [-0.2, 0) is 6.42 Å². The van der Waals surface area contributed by atoms with Crippen molar-refractivity contribution in [2.24, 2.45) is 0 Å². The van der Waals surface area contributed by atoms with Gasteiger partial charge in [-0.25, -0.2) is 0 Å². The molecule has 0 amide bonds. The molecular weight excluding hydrogens is 176 g/mol. The molecule has 0 aliphatic heterocycles. The summed E-state index contributed by atoms with van der Waals surface area (Å²) in [4.78, 5) is 0. The van der Waals surface area contributed by atoms with Gasteiger partial charge < -0.3 is 9.47 Å². The normalized spacial score (nSPS) is 9.64. The van der Waals surface area contributed by atoms with Gasteiger partial charge in [0.25, 0.3) is 0 Å². The van der Waals surface area contributed by atoms with Gasteiger partial charge in [-0.2, -0.15) is 0 Å². The highest BCUT2D eigenvalue weighted by Gasteiger charge is 2.04. The second-order valence-electron chi connectivity index (χ2n) is 3.31. The lowest BCUT2D eigenvalue weighted by molar-refractivity contribution is 0.391. The molecule has 2 heteroatoms. The van der Waals surface area contributed by atoms with E-state index in [4.69, 9.17) is 9.47 Å². The Morgan fingerprint density at radius 1 is 1.29 bits per heavy atom. The number of hydrogen-bond acceptors (Lipinski definition) is 2. The molecule has 0 saturated carbocycles. The van der Waals surface area contributed by atoms with Crippen molar-refractivity contribution in [1.29, 1.82) is 0 Å². The Hall–Kier alpha value is -1.44. The summed E-state index contributed by atoms with van der Waals surface area (Å²) in [5.41, 5.74) is 2.26. The van der Waals surface area contributed by atoms with Gasteiger partial charge in [0.2, 0.25) is 0 Å². The van der Waals surface area contributed by atoms with Crippen LogP contribution in [0.5, 0.6) is 11.5 Å². The third-order valence-electron chi connectivity index (χ3n) is 1.99. The van der Waals surface area contributed by atoms with Crippen molar-refractivity contribution >= 4 is 0 Å². The van der Waals surface area contributed by atoms with Crippen LogP contribution in [0.25, 0.3) is 0 Å². The molecule has 0 bridgehead atoms. The number of benzene rings is 1. The summed E-state index contributed by atoms with van der Waals surface area (Å²) in [7, 11) is 3.31. The van der Waals surface area contributed by atoms with Gasteiger partial charge in [0, 0.05) is 6.07 Å². The van der Waals surface area contributed by atoms with Crippen LogP contribution in [0, 0.1) is 0 Å². The fourth-order valence-electron chi connectivity index (χ4n) is 1.32. The molecule has 0 heterocycles. The van der Waals surface area contributed by atoms with E-state index in [1.807, 2.05) is 25.1 Å². The lowest BCUT2D eigenvalue weighted by Crippen LogP contribution is -1.94. The zero-order chi connectivity index (χ0) is 10.6. The zero-order valence-corrected chi connectivity index (χ0v) is 8.96. The van der Waals surface area contributed by atoms with Crippen LogP contribution in [-0.4, -0.2) is 14.2 Å². The first kappa shape index (κ1) is 10.6. The molecule has 1 aromatic carbocycles. The Morgan fingerprint density at radius 3 is 2.50 bits per heavy atom. The predicted molar refractivity (Wildman–Crippen MR) is 58.1 cm³/mol. The third kappa shape index (κ3) is 2.52. The predicted octanol–water partition coefficient (Wildman–Crippen LogP) is 2.82. The molecule has 2 nitrogen and oxygen atoms in total. The molecule has 0 saturated heterocycles. The maximum Gasteiger partial charge on any atom is 0.126 e. The Morgan fingerprint density at radius 2 is 2.00 bits per heavy atom. The van der Waals surface area contributed by atoms with Gasteiger partial charge in [0.15, 0.2) is 0 Å². The number of ether oxygens (including phenoxy) is 2. The molecule has 76 valence electrons. The van der Waals surface area contributed by atoms with Crippen molar-refractivity contribution in [3.05, 3.63) is 35.9 Å². The number of methoxy groups -OCH3 is 2. The summed E-state index contributed by atoms with van der Waals surface area (Å²) in [5.74, 6) is 1.67. The van der Waals surface area contributed by atoms with Crippen molar-refractivity contribution in [2.75, 3.05) is 14.2 Å². The monoisotopic (exact) mass is 192 g/mol. The number of allylic oxidation sites excluding steroid dienone is 1. The number of hydrogen-bond donors (Lipinski definition) is 0. The minimum absolute atomic E-state index is 0.812. The van der Waals surface area contributed by atoms with Gasteiger partial charge in [-0.3, -0.25) is 0 Å². The lowest BCUT2D eigenvalue weighted by atomic mass is 10.1. The van der Waals surface area contributed by atoms with Gasteiger partial charge in [0.05, 0.1) is 14.2 Å². The molecule has 0 aliphatic carbocycles. The first-order chi connectivity index (χ1) is 6.67. The molecule has 0 fully saturated rings. The smallest absolute Gasteiger partial charge is 0.126 e. The van der Waals surface area contributed by atoms with E-state index >= 15 is 0 Å². The average molecular weight is 192 g/mol. The van der Waals surface area contributed by atoms with Gasteiger partial charge >= 0.3 is 0 Å². The molecule has 0 aromatic heterocycles. The number of rotatable bonds is 4. The van der Waals surface area contributed by atoms with Crippen LogP contribution < -0.4 is 9.47 Å². The van der Waals surface area contributed by atoms with Gasteiger partial charge in [-0.1, -0.05) is 18.2 Å². The molecule has 1 rings (SSSR count). The highest BCUT2D eigenvalue weighted by Crippen LogP contribution is 2.26. The fraction of sp³-hybridized carbons (Fsp3) is 0.333. The topological polar surface area (TPSA) is 18.5 Å². The fourth-order valence-corrected chi connectivity index (χ4v) is 1.32. The zero-order valence-electron chi connectivity index (χ0n) is 8.96. The first-order valence-electron chi connectivity index (χ1n) is 4.52. The molecule has 0 aliphatic rings. The lowest BCUT2D eigenvalue weighted by Gasteiger charge is -2.09. The van der Waals surface area contributed by atoms with E-state index < -0.39 is 0 Å². The van der Waals surface area contributed by atoms with E-state index in [1.54, 1.807) is 14.2 Å². The van der Waals surface area contributed by atoms with E-state index in [9.17, 15) is 0 Å². The van der Waals surface area contributed by atoms with Crippen LogP contribution in [0.2, 0.25) is 0 Å². The molecule has 1 aromatic rings. The molecule has 0 atom stereocenters. The van der Waals surface area contributed by atoms with Crippen LogP contribution in [0.15, 0.2) is 30.4 Å². The Bertz CT molecular complexity index is 329. The Kier molecular flexibility index (Phi) is 3.57. The minimum atomic E-state index is 0.812. The largest absolute Gasteiger partial charge is 0.497 e. The van der Waals surface area contributed by atoms with Gasteiger partial charge in [0.1, 0.15) is 11.5 Å². The van der Waals surface area contributed by atoms with Crippen molar-refractivity contribution < 1.29 is 9.47 Å². The van der Waals surface area contributed by atoms with Crippen molar-refractivity contribution in [3.63, 3.8) is 0 Å². The summed E-state index contributed by atoms with van der Waals surface area (Å²) in [6.45, 7) is 5.89. The SMILES string of the molecule is C=C(C)Cc1ccc(OC)cc1OC. The quantitative estimate of drug-likeness (QED) is 0.683. The van der Waals surface area contributed by atoms with Crippen molar-refractivity contribution in [2.45, 2.75) is 13.3 Å². The first-order valence-corrected chi connectivity index (χ1v) is 4.52. The highest BCUT2D eigenvalue weighted by atomic mass is 16.5. The van der Waals surface area contributed by atoms with E-state index in [0.29, 0.717) is 0 Å². The summed E-state index contributed by atoms with van der Waals surface area (Å²) in [5, 5.41) is 0. The molecule has 14 heavy (non-hydrogen) atoms. The van der Waals surface area contributed by atoms with Crippen LogP contribution in [0.4, 0.5) is 0 Å². The van der Waals surface area contributed by atoms with E-state index in [2.05, 4.69) is 6.58 Å². The van der Waals surface area contributed by atoms with E-state index in [-0.39, 0.29) is 0 Å². The molecule has 0 radical (unpaired) electrons. The van der Waals surface area contributed by atoms with Crippen LogP contribution >= 0.6 is 0 Å². The maximum atomic E-state index is 5.27. The summed E-state index contributed by atoms with van der Waals surface area (Å²) < 4.78 is 10.4. The average Bonchev–Trinajstić information content (AvgIpc) is 2.17. The summed E-state index contributed by atoms with van der Waals surface area (Å²) in [6.07, 6.45) is 0.840. The van der Waals surface area contributed by atoms with Gasteiger partial charge in [-0.15, -0.1) is 0 Å². The van der Waals surface area contributed by atoms with E-state index in [1.165, 1.54) is 0 Å². The Balaban J connectivity index is 2.98.